The lowest BCUT2D eigenvalue weighted by Crippen LogP contribution is -2.61. The molecule has 6 heteroatoms. The quantitative estimate of drug-likeness (QED) is 0.232. The maximum absolute atomic E-state index is 11.6. The van der Waals surface area contributed by atoms with Crippen molar-refractivity contribution >= 4 is 22.5 Å². The first kappa shape index (κ1) is 27.7. The first-order chi connectivity index (χ1) is 19.1. The summed E-state index contributed by atoms with van der Waals surface area (Å²) in [5.74, 6) is 1.56. The van der Waals surface area contributed by atoms with Crippen molar-refractivity contribution in [2.24, 2.45) is 0 Å². The molecule has 1 fully saturated rings. The maximum Gasteiger partial charge on any atom is 0.157 e. The highest BCUT2D eigenvalue weighted by molar-refractivity contribution is 7.99. The van der Waals surface area contributed by atoms with Gasteiger partial charge in [0.05, 0.1) is 19.8 Å². The van der Waals surface area contributed by atoms with Gasteiger partial charge in [0.2, 0.25) is 0 Å². The van der Waals surface area contributed by atoms with E-state index in [-0.39, 0.29) is 0 Å². The third-order valence-corrected chi connectivity index (χ3v) is 8.01. The fourth-order valence-corrected chi connectivity index (χ4v) is 5.85. The summed E-state index contributed by atoms with van der Waals surface area (Å²) in [5.41, 5.74) is 2.68. The summed E-state index contributed by atoms with van der Waals surface area (Å²) >= 11 is 1.57. The molecule has 0 aliphatic carbocycles. The molecular weight excluding hydrogens is 508 g/mol. The van der Waals surface area contributed by atoms with Gasteiger partial charge in [-0.05, 0) is 34.8 Å². The van der Waals surface area contributed by atoms with Gasteiger partial charge in [-0.2, -0.15) is 0 Å². The largest absolute Gasteiger partial charge is 0.484 e. The van der Waals surface area contributed by atoms with Crippen molar-refractivity contribution in [3.63, 3.8) is 0 Å². The topological polar surface area (TPSA) is 57.2 Å². The number of benzene rings is 4. The second-order valence-electron chi connectivity index (χ2n) is 9.77. The van der Waals surface area contributed by atoms with Gasteiger partial charge in [-0.15, -0.1) is 11.8 Å². The first-order valence-corrected chi connectivity index (χ1v) is 14.6. The highest BCUT2D eigenvalue weighted by Crippen LogP contribution is 2.37. The molecule has 1 aliphatic heterocycles. The normalized spacial score (nSPS) is 23.1. The van der Waals surface area contributed by atoms with Crippen molar-refractivity contribution in [1.82, 2.24) is 0 Å². The van der Waals surface area contributed by atoms with Gasteiger partial charge in [0, 0.05) is 5.39 Å². The molecule has 4 aromatic carbocycles. The zero-order valence-corrected chi connectivity index (χ0v) is 23.3. The number of ether oxygens (including phenoxy) is 4. The van der Waals surface area contributed by atoms with Crippen LogP contribution in [0.25, 0.3) is 10.8 Å². The van der Waals surface area contributed by atoms with E-state index >= 15 is 0 Å². The van der Waals surface area contributed by atoms with E-state index in [0.717, 1.165) is 39.0 Å². The summed E-state index contributed by atoms with van der Waals surface area (Å²) in [5, 5.41) is 13.7. The standard InChI is InChI=1S/C33H36O5S/c1-3-39-33-29(34)32(38-30-23(2)18-19-26-16-10-11-17-27(26)30)31(36-21-25-14-8-5-9-15-25)28(37-33)22-35-20-24-12-6-4-7-13-24/h4-19,28-29,31-34H,3,20-22H2,1-2H3/t28-,29-,31-,32-,33+/m1/s1. The molecule has 0 radical (unpaired) electrons. The second-order valence-corrected chi connectivity index (χ2v) is 11.1. The lowest BCUT2D eigenvalue weighted by molar-refractivity contribution is -0.221. The fraction of sp³-hybridized carbons (Fsp3) is 0.333. The Balaban J connectivity index is 1.44. The predicted molar refractivity (Wildman–Crippen MR) is 157 cm³/mol. The Morgan fingerprint density at radius 2 is 1.46 bits per heavy atom. The van der Waals surface area contributed by atoms with Crippen molar-refractivity contribution < 1.29 is 24.1 Å². The smallest absolute Gasteiger partial charge is 0.157 e. The molecule has 1 heterocycles. The Kier molecular flexibility index (Phi) is 9.56. The molecule has 0 aromatic heterocycles. The van der Waals surface area contributed by atoms with Crippen molar-refractivity contribution in [2.45, 2.75) is 56.9 Å². The Bertz CT molecular complexity index is 1320. The van der Waals surface area contributed by atoms with Crippen LogP contribution in [0.15, 0.2) is 97.1 Å². The highest BCUT2D eigenvalue weighted by atomic mass is 32.2. The predicted octanol–water partition coefficient (Wildman–Crippen LogP) is 6.54. The minimum Gasteiger partial charge on any atom is -0.484 e. The van der Waals surface area contributed by atoms with Crippen LogP contribution in [0.4, 0.5) is 0 Å². The third kappa shape index (κ3) is 6.83. The van der Waals surface area contributed by atoms with Gasteiger partial charge in [-0.25, -0.2) is 0 Å². The lowest BCUT2D eigenvalue weighted by atomic mass is 9.98. The van der Waals surface area contributed by atoms with E-state index in [1.165, 1.54) is 0 Å². The number of fused-ring (bicyclic) bond motifs is 1. The molecule has 0 saturated carbocycles. The van der Waals surface area contributed by atoms with Crippen LogP contribution in [0.1, 0.15) is 23.6 Å². The Hall–Kier alpha value is -2.87. The molecule has 4 aromatic rings. The number of rotatable bonds is 11. The monoisotopic (exact) mass is 544 g/mol. The van der Waals surface area contributed by atoms with Crippen molar-refractivity contribution in [1.29, 1.82) is 0 Å². The molecule has 0 amide bonds. The van der Waals surface area contributed by atoms with Gasteiger partial charge in [-0.3, -0.25) is 0 Å². The number of thioether (sulfide) groups is 1. The van der Waals surface area contributed by atoms with Crippen LogP contribution in [0, 0.1) is 6.92 Å². The molecule has 0 bridgehead atoms. The molecule has 0 unspecified atom stereocenters. The van der Waals surface area contributed by atoms with Crippen LogP contribution in [0.5, 0.6) is 5.75 Å². The van der Waals surface area contributed by atoms with E-state index in [9.17, 15) is 5.11 Å². The molecular formula is C33H36O5S. The number of aryl methyl sites for hydroxylation is 1. The highest BCUT2D eigenvalue weighted by Gasteiger charge is 2.48. The van der Waals surface area contributed by atoms with Crippen molar-refractivity contribution in [2.75, 3.05) is 12.4 Å². The fourth-order valence-electron chi connectivity index (χ4n) is 4.94. The molecule has 1 saturated heterocycles. The summed E-state index contributed by atoms with van der Waals surface area (Å²) in [7, 11) is 0. The number of hydrogen-bond acceptors (Lipinski definition) is 6. The van der Waals surface area contributed by atoms with Crippen LogP contribution in [-0.4, -0.2) is 47.3 Å². The van der Waals surface area contributed by atoms with Crippen LogP contribution in [0.2, 0.25) is 0 Å². The van der Waals surface area contributed by atoms with Crippen LogP contribution < -0.4 is 4.74 Å². The molecule has 5 nitrogen and oxygen atoms in total. The zero-order chi connectivity index (χ0) is 27.0. The molecule has 39 heavy (non-hydrogen) atoms. The average Bonchev–Trinajstić information content (AvgIpc) is 2.97. The molecule has 1 N–H and O–H groups in total. The molecule has 1 aliphatic rings. The zero-order valence-electron chi connectivity index (χ0n) is 22.4. The van der Waals surface area contributed by atoms with E-state index in [4.69, 9.17) is 18.9 Å². The maximum atomic E-state index is 11.6. The third-order valence-electron chi connectivity index (χ3n) is 6.95. The minimum absolute atomic E-state index is 0.316. The van der Waals surface area contributed by atoms with Gasteiger partial charge in [0.15, 0.2) is 6.10 Å². The van der Waals surface area contributed by atoms with Gasteiger partial charge in [0.25, 0.3) is 0 Å². The van der Waals surface area contributed by atoms with E-state index in [1.54, 1.807) is 11.8 Å². The van der Waals surface area contributed by atoms with Gasteiger partial charge < -0.3 is 24.1 Å². The molecule has 5 atom stereocenters. The molecule has 0 spiro atoms. The van der Waals surface area contributed by atoms with Gasteiger partial charge in [0.1, 0.15) is 29.5 Å². The number of aliphatic hydroxyl groups excluding tert-OH is 1. The summed E-state index contributed by atoms with van der Waals surface area (Å²) in [4.78, 5) is 0. The van der Waals surface area contributed by atoms with Gasteiger partial charge in [-0.1, -0.05) is 104 Å². The van der Waals surface area contributed by atoms with Crippen LogP contribution >= 0.6 is 11.8 Å². The van der Waals surface area contributed by atoms with E-state index in [0.29, 0.717) is 19.8 Å². The Morgan fingerprint density at radius 1 is 0.795 bits per heavy atom. The average molecular weight is 545 g/mol. The number of aliphatic hydroxyl groups is 1. The Morgan fingerprint density at radius 3 is 2.18 bits per heavy atom. The van der Waals surface area contributed by atoms with Crippen LogP contribution in [-0.2, 0) is 27.4 Å². The summed E-state index contributed by atoms with van der Waals surface area (Å²) in [6.45, 7) is 5.25. The van der Waals surface area contributed by atoms with E-state index < -0.39 is 29.9 Å². The van der Waals surface area contributed by atoms with Crippen molar-refractivity contribution in [3.05, 3.63) is 114 Å². The molecule has 5 rings (SSSR count). The summed E-state index contributed by atoms with van der Waals surface area (Å²) in [6, 6.07) is 32.4. The van der Waals surface area contributed by atoms with E-state index in [2.05, 4.69) is 31.2 Å². The lowest BCUT2D eigenvalue weighted by Gasteiger charge is -2.44. The first-order valence-electron chi connectivity index (χ1n) is 13.5. The summed E-state index contributed by atoms with van der Waals surface area (Å²) < 4.78 is 25.9. The van der Waals surface area contributed by atoms with Crippen molar-refractivity contribution in [3.8, 4) is 5.75 Å². The van der Waals surface area contributed by atoms with Crippen LogP contribution in [0.3, 0.4) is 0 Å². The minimum atomic E-state index is -0.889. The SMILES string of the molecule is CCS[C@@H]1O[C@H](COCc2ccccc2)[C@@H](OCc2ccccc2)[C@H](Oc2c(C)ccc3ccccc23)[C@H]1O. The second kappa shape index (κ2) is 13.5. The van der Waals surface area contributed by atoms with Gasteiger partial charge >= 0.3 is 0 Å². The summed E-state index contributed by atoms with van der Waals surface area (Å²) in [6.07, 6.45) is -2.52. The number of hydrogen-bond donors (Lipinski definition) is 1. The molecule has 204 valence electrons. The Labute approximate surface area is 235 Å². The van der Waals surface area contributed by atoms with E-state index in [1.807, 2.05) is 79.7 Å².